The number of hydrogen-bond donors (Lipinski definition) is 5. The van der Waals surface area contributed by atoms with Crippen LogP contribution in [0.2, 0.25) is 18.1 Å². The van der Waals surface area contributed by atoms with Crippen LogP contribution in [0.4, 0.5) is 38.0 Å². The van der Waals surface area contributed by atoms with Crippen molar-refractivity contribution >= 4 is 43.6 Å². The van der Waals surface area contributed by atoms with E-state index < -0.39 is 112 Å². The molecule has 6 atom stereocenters. The zero-order chi connectivity index (χ0) is 61.1. The Hall–Kier alpha value is -8.62. The van der Waals surface area contributed by atoms with Crippen LogP contribution in [0.3, 0.4) is 0 Å². The summed E-state index contributed by atoms with van der Waals surface area (Å²) >= 11 is 0. The fourth-order valence-corrected chi connectivity index (χ4v) is 8.23. The molecule has 0 radical (unpaired) electrons. The second-order valence-corrected chi connectivity index (χ2v) is 23.9. The number of benzene rings is 2. The molecular formula is C50H54F6N14O12Si. The highest BCUT2D eigenvalue weighted by Gasteiger charge is 2.43. The topological polar surface area (TPSA) is 350 Å². The standard InChI is InChI=1S/C28H34F3N7O6Si.C22H20F3N7O6/c1-27(2,3)45(4,5)43-16-21-20(42-17-34-37-32)14-22(44-21)38-15-19(12-9-13-33-25(40)28(29,30)31)23(36-26(38)41)35-24(39)18-10-7-6-8-11-18;23-22(24,25)20(35)27-8-4-7-14-10-32(17-9-15(16(11-33)38-17)37-12-28-31-26)21(36)30-18(14)29-19(34)13-5-2-1-3-6-13/h6-8,10-11,15,20-22H,13-14,16-17H2,1-5H3,(H,33,40)(H,35,36,39,41);1-3,5-6,10,15-17,33H,8-9,11-12H2,(H,27,35)(H,29,30,34,36). The molecule has 2 saturated heterocycles. The van der Waals surface area contributed by atoms with Crippen molar-refractivity contribution in [3.63, 3.8) is 0 Å². The van der Waals surface area contributed by atoms with Gasteiger partial charge in [0, 0.05) is 46.2 Å². The molecule has 6 unspecified atom stereocenters. The third-order valence-electron chi connectivity index (χ3n) is 12.5. The third-order valence-corrected chi connectivity index (χ3v) is 17.0. The first-order valence-corrected chi connectivity index (χ1v) is 27.6. The van der Waals surface area contributed by atoms with Crippen LogP contribution in [0, 0.1) is 23.7 Å². The Morgan fingerprint density at radius 2 is 1.11 bits per heavy atom. The molecule has 2 fully saturated rings. The van der Waals surface area contributed by atoms with Gasteiger partial charge in [0.05, 0.1) is 49.6 Å². The Kier molecular flexibility index (Phi) is 23.1. The summed E-state index contributed by atoms with van der Waals surface area (Å²) in [6.07, 6.45) is -12.5. The highest BCUT2D eigenvalue weighted by atomic mass is 28.4. The van der Waals surface area contributed by atoms with E-state index in [0.717, 1.165) is 9.13 Å². The van der Waals surface area contributed by atoms with Gasteiger partial charge in [-0.1, -0.05) is 91.1 Å². The number of anilines is 2. The number of aromatic nitrogens is 4. The van der Waals surface area contributed by atoms with E-state index in [-0.39, 0.29) is 71.8 Å². The quantitative estimate of drug-likeness (QED) is 0.0192. The van der Waals surface area contributed by atoms with Gasteiger partial charge in [-0.2, -0.15) is 36.3 Å². The van der Waals surface area contributed by atoms with Gasteiger partial charge < -0.3 is 49.7 Å². The Labute approximate surface area is 468 Å². The van der Waals surface area contributed by atoms with Crippen LogP contribution in [-0.4, -0.2) is 133 Å². The minimum Gasteiger partial charge on any atom is -0.414 e. The lowest BCUT2D eigenvalue weighted by Crippen LogP contribution is -2.44. The van der Waals surface area contributed by atoms with Gasteiger partial charge in [0.25, 0.3) is 11.8 Å². The van der Waals surface area contributed by atoms with Crippen molar-refractivity contribution in [2.45, 2.75) is 101 Å². The lowest BCUT2D eigenvalue weighted by Gasteiger charge is -2.37. The molecule has 0 saturated carbocycles. The summed E-state index contributed by atoms with van der Waals surface area (Å²) < 4.78 is 106. The molecule has 0 spiro atoms. The number of ether oxygens (including phenoxy) is 4. The fraction of sp³-hybridized carbons (Fsp3) is 0.440. The Balaban J connectivity index is 0.000000308. The number of aliphatic hydroxyl groups is 1. The lowest BCUT2D eigenvalue weighted by atomic mass is 10.2. The van der Waals surface area contributed by atoms with Gasteiger partial charge in [-0.15, -0.1) is 0 Å². The van der Waals surface area contributed by atoms with E-state index in [2.05, 4.69) is 98.2 Å². The zero-order valence-electron chi connectivity index (χ0n) is 44.7. The van der Waals surface area contributed by atoms with Crippen molar-refractivity contribution in [2.75, 3.05) is 50.4 Å². The minimum absolute atomic E-state index is 0.0312. The number of hydrogen-bond acceptors (Lipinski definition) is 16. The fourth-order valence-electron chi connectivity index (χ4n) is 7.21. The molecule has 5 N–H and O–H groups in total. The summed E-state index contributed by atoms with van der Waals surface area (Å²) in [4.78, 5) is 86.7. The molecular weight excluding hydrogens is 1130 g/mol. The molecule has 83 heavy (non-hydrogen) atoms. The minimum atomic E-state index is -5.09. The van der Waals surface area contributed by atoms with Gasteiger partial charge in [-0.25, -0.2) is 9.59 Å². The highest BCUT2D eigenvalue weighted by Crippen LogP contribution is 2.38. The Morgan fingerprint density at radius 3 is 1.48 bits per heavy atom. The van der Waals surface area contributed by atoms with Crippen LogP contribution in [-0.2, 0) is 33.0 Å². The maximum Gasteiger partial charge on any atom is 0.471 e. The second kappa shape index (κ2) is 29.4. The van der Waals surface area contributed by atoms with Gasteiger partial charge in [-0.3, -0.25) is 28.3 Å². The molecule has 33 heteroatoms. The molecule has 2 aliphatic rings. The largest absolute Gasteiger partial charge is 0.471 e. The Morgan fingerprint density at radius 1 is 0.711 bits per heavy atom. The van der Waals surface area contributed by atoms with E-state index in [0.29, 0.717) is 0 Å². The molecule has 2 aliphatic heterocycles. The first-order chi connectivity index (χ1) is 39.2. The zero-order valence-corrected chi connectivity index (χ0v) is 45.7. The normalized spacial score (nSPS) is 18.5. The molecule has 0 aliphatic carbocycles. The summed E-state index contributed by atoms with van der Waals surface area (Å²) in [5.41, 5.74) is 15.8. The number of halogens is 6. The number of aliphatic hydroxyl groups excluding tert-OH is 1. The van der Waals surface area contributed by atoms with Crippen LogP contribution < -0.4 is 32.6 Å². The predicted molar refractivity (Wildman–Crippen MR) is 283 cm³/mol. The summed E-state index contributed by atoms with van der Waals surface area (Å²) in [6, 6.07) is 16.0. The molecule has 4 amide bonds. The number of rotatable bonds is 18. The predicted octanol–water partition coefficient (Wildman–Crippen LogP) is 5.95. The van der Waals surface area contributed by atoms with Gasteiger partial charge in [0.15, 0.2) is 20.0 Å². The lowest BCUT2D eigenvalue weighted by molar-refractivity contribution is -0.173. The molecule has 6 rings (SSSR count). The maximum atomic E-state index is 13.2. The molecule has 4 heterocycles. The van der Waals surface area contributed by atoms with Crippen LogP contribution in [0.25, 0.3) is 20.9 Å². The average molecular weight is 1190 g/mol. The third kappa shape index (κ3) is 19.0. The highest BCUT2D eigenvalue weighted by molar-refractivity contribution is 6.74. The Bertz CT molecular complexity index is 3310. The van der Waals surface area contributed by atoms with E-state index in [4.69, 9.17) is 34.4 Å². The van der Waals surface area contributed by atoms with Gasteiger partial charge in [0.2, 0.25) is 0 Å². The number of alkyl halides is 6. The second-order valence-electron chi connectivity index (χ2n) is 19.1. The van der Waals surface area contributed by atoms with E-state index >= 15 is 0 Å². The smallest absolute Gasteiger partial charge is 0.414 e. The number of amides is 4. The van der Waals surface area contributed by atoms with Crippen molar-refractivity contribution < 1.29 is 74.0 Å². The number of azide groups is 2. The summed E-state index contributed by atoms with van der Waals surface area (Å²) in [7, 11) is -2.21. The van der Waals surface area contributed by atoms with Crippen LogP contribution in [0.1, 0.15) is 77.9 Å². The van der Waals surface area contributed by atoms with E-state index in [9.17, 15) is 60.2 Å². The summed E-state index contributed by atoms with van der Waals surface area (Å²) in [6.45, 7) is 8.02. The first kappa shape index (κ1) is 65.2. The van der Waals surface area contributed by atoms with Crippen LogP contribution in [0.15, 0.2) is 92.9 Å². The monoisotopic (exact) mass is 1180 g/mol. The SMILES string of the molecule is CC(C)(C)[Si](C)(C)OCC1OC(n2cc(C#CCNC(=O)C(F)(F)F)c(NC(=O)c3ccccc3)nc2=O)CC1OCN=[N+]=[N-].[N-]=[N+]=NCOC1CC(n2cc(C#CCNC(=O)C(F)(F)F)c(NC(=O)c3ccccc3)nc2=O)OC1CO. The van der Waals surface area contributed by atoms with Crippen LogP contribution >= 0.6 is 0 Å². The molecule has 442 valence electrons. The maximum absolute atomic E-state index is 13.2. The average Bonchev–Trinajstić information content (AvgIpc) is 3.94. The van der Waals surface area contributed by atoms with E-state index in [1.165, 1.54) is 36.7 Å². The van der Waals surface area contributed by atoms with Crippen molar-refractivity contribution in [1.29, 1.82) is 0 Å². The van der Waals surface area contributed by atoms with Crippen molar-refractivity contribution in [3.05, 3.63) is 137 Å². The van der Waals surface area contributed by atoms with Gasteiger partial charge in [-0.05, 0) is 53.5 Å². The molecule has 26 nitrogen and oxygen atoms in total. The van der Waals surface area contributed by atoms with Crippen molar-refractivity contribution in [3.8, 4) is 23.7 Å². The van der Waals surface area contributed by atoms with Gasteiger partial charge in [0.1, 0.15) is 38.1 Å². The first-order valence-electron chi connectivity index (χ1n) is 24.6. The molecule has 2 aromatic heterocycles. The molecule has 4 aromatic rings. The number of nitrogens with one attached hydrogen (secondary N) is 4. The summed E-state index contributed by atoms with van der Waals surface area (Å²) in [5, 5.41) is 24.3. The molecule has 2 aromatic carbocycles. The number of nitrogens with zero attached hydrogens (tertiary/aromatic N) is 10. The van der Waals surface area contributed by atoms with E-state index in [1.54, 1.807) is 47.0 Å². The van der Waals surface area contributed by atoms with Crippen molar-refractivity contribution in [1.82, 2.24) is 29.7 Å². The van der Waals surface area contributed by atoms with E-state index in [1.807, 2.05) is 0 Å². The molecule has 0 bridgehead atoms. The van der Waals surface area contributed by atoms with Crippen molar-refractivity contribution in [2.24, 2.45) is 10.2 Å². The number of carbonyl (C=O) groups excluding carboxylic acids is 4. The van der Waals surface area contributed by atoms with Crippen LogP contribution in [0.5, 0.6) is 0 Å². The number of carbonyl (C=O) groups is 4. The van der Waals surface area contributed by atoms with Gasteiger partial charge >= 0.3 is 35.5 Å². The summed E-state index contributed by atoms with van der Waals surface area (Å²) in [5.74, 6) is 3.63.